The van der Waals surface area contributed by atoms with Gasteiger partial charge < -0.3 is 34.5 Å². The molecule has 2 aliphatic heterocycles. The summed E-state index contributed by atoms with van der Waals surface area (Å²) in [7, 11) is 0. The van der Waals surface area contributed by atoms with Crippen LogP contribution in [-0.2, 0) is 13.1 Å². The number of nitrogens with zero attached hydrogens (tertiary/aromatic N) is 6. The molecule has 2 unspecified atom stereocenters. The van der Waals surface area contributed by atoms with Gasteiger partial charge in [0.2, 0.25) is 12.7 Å². The normalized spacial score (nSPS) is 18.1. The predicted molar refractivity (Wildman–Crippen MR) is 153 cm³/mol. The van der Waals surface area contributed by atoms with Crippen molar-refractivity contribution in [1.29, 1.82) is 0 Å². The number of fused-ring (bicyclic) bond motifs is 2. The lowest BCUT2D eigenvalue weighted by Crippen LogP contribution is -2.60. The van der Waals surface area contributed by atoms with E-state index in [0.29, 0.717) is 61.4 Å². The lowest BCUT2D eigenvalue weighted by atomic mass is 10.1. The second kappa shape index (κ2) is 11.1. The average molecular weight is 561 g/mol. The zero-order valence-corrected chi connectivity index (χ0v) is 23.3. The van der Waals surface area contributed by atoms with Crippen LogP contribution < -0.4 is 25.0 Å². The molecular weight excluding hydrogens is 527 g/mol. The summed E-state index contributed by atoms with van der Waals surface area (Å²) in [6.07, 6.45) is 1.71. The first-order valence-corrected chi connectivity index (χ1v) is 13.8. The number of halogens is 1. The number of carbonyl (C=O) groups excluding carboxylic acids is 1. The Bertz CT molecular complexity index is 1580. The summed E-state index contributed by atoms with van der Waals surface area (Å²) in [5.41, 5.74) is 3.06. The highest BCUT2D eigenvalue weighted by Crippen LogP contribution is 2.33. The highest BCUT2D eigenvalue weighted by molar-refractivity contribution is 5.84. The van der Waals surface area contributed by atoms with E-state index < -0.39 is 0 Å². The third-order valence-electron chi connectivity index (χ3n) is 7.42. The van der Waals surface area contributed by atoms with E-state index in [2.05, 4.69) is 27.4 Å². The molecule has 6 rings (SSSR count). The van der Waals surface area contributed by atoms with Crippen LogP contribution in [0.2, 0.25) is 0 Å². The molecule has 11 nitrogen and oxygen atoms in total. The number of nitrogens with one attached hydrogen (secondary N) is 2. The average Bonchev–Trinajstić information content (AvgIpc) is 3.59. The van der Waals surface area contributed by atoms with Crippen molar-refractivity contribution < 1.29 is 18.7 Å². The van der Waals surface area contributed by atoms with Crippen molar-refractivity contribution >= 4 is 29.0 Å². The minimum atomic E-state index is -0.291. The summed E-state index contributed by atoms with van der Waals surface area (Å²) < 4.78 is 26.8. The minimum Gasteiger partial charge on any atom is -0.454 e. The number of urea groups is 1. The topological polar surface area (TPSA) is 110 Å². The number of ether oxygens (including phenoxy) is 2. The Hall–Kier alpha value is -4.61. The third kappa shape index (κ3) is 5.41. The molecular formula is C29H33FN8O3. The van der Waals surface area contributed by atoms with E-state index in [-0.39, 0.29) is 30.7 Å². The third-order valence-corrected chi connectivity index (χ3v) is 7.42. The van der Waals surface area contributed by atoms with Gasteiger partial charge in [0, 0.05) is 38.3 Å². The first-order chi connectivity index (χ1) is 19.9. The monoisotopic (exact) mass is 560 g/mol. The number of amides is 2. The molecule has 2 atom stereocenters. The van der Waals surface area contributed by atoms with Crippen LogP contribution in [0.1, 0.15) is 31.9 Å². The van der Waals surface area contributed by atoms with Crippen LogP contribution >= 0.6 is 0 Å². The van der Waals surface area contributed by atoms with Gasteiger partial charge in [-0.1, -0.05) is 18.2 Å². The van der Waals surface area contributed by atoms with E-state index in [1.807, 2.05) is 47.6 Å². The SMILES string of the molecule is CCNC(=O)N1CC(C)N(c2nc(NCc3ccc4c(c3)OCO4)c3ncn(Cc4cccc(F)c4)c3n2)CC1C. The summed E-state index contributed by atoms with van der Waals surface area (Å²) in [5, 5.41) is 6.35. The van der Waals surface area contributed by atoms with Crippen molar-refractivity contribution in [2.45, 2.75) is 45.9 Å². The van der Waals surface area contributed by atoms with Crippen molar-refractivity contribution in [2.24, 2.45) is 0 Å². The number of rotatable bonds is 7. The summed E-state index contributed by atoms with van der Waals surface area (Å²) >= 11 is 0. The second-order valence-electron chi connectivity index (χ2n) is 10.4. The fourth-order valence-electron chi connectivity index (χ4n) is 5.31. The number of aromatic nitrogens is 4. The maximum absolute atomic E-state index is 13.9. The Labute approximate surface area is 237 Å². The zero-order valence-electron chi connectivity index (χ0n) is 23.3. The van der Waals surface area contributed by atoms with Crippen LogP contribution in [0.15, 0.2) is 48.8 Å². The molecule has 4 heterocycles. The number of carbonyl (C=O) groups is 1. The summed E-state index contributed by atoms with van der Waals surface area (Å²) in [5.74, 6) is 2.28. The van der Waals surface area contributed by atoms with Gasteiger partial charge in [-0.2, -0.15) is 9.97 Å². The molecule has 12 heteroatoms. The van der Waals surface area contributed by atoms with Crippen LogP contribution in [0.5, 0.6) is 11.5 Å². The van der Waals surface area contributed by atoms with E-state index >= 15 is 0 Å². The number of imidazole rings is 1. The fraction of sp³-hybridized carbons (Fsp3) is 0.379. The molecule has 0 radical (unpaired) electrons. The van der Waals surface area contributed by atoms with E-state index in [1.165, 1.54) is 12.1 Å². The standard InChI is InChI=1S/C29H33FN8O3/c1-4-31-29(39)38-14-18(2)37(13-19(38)3)28-34-26(32-12-20-8-9-23-24(11-20)41-17-40-23)25-27(35-28)36(16-33-25)15-21-6-5-7-22(30)10-21/h5-11,16,18-19H,4,12-15,17H2,1-3H3,(H,31,39)(H,32,34,35). The van der Waals surface area contributed by atoms with Gasteiger partial charge >= 0.3 is 6.03 Å². The van der Waals surface area contributed by atoms with Gasteiger partial charge in [-0.25, -0.2) is 14.2 Å². The molecule has 1 fully saturated rings. The van der Waals surface area contributed by atoms with E-state index in [0.717, 1.165) is 16.9 Å². The summed E-state index contributed by atoms with van der Waals surface area (Å²) in [6.45, 7) is 8.80. The number of hydrogen-bond acceptors (Lipinski definition) is 8. The molecule has 2 amide bonds. The lowest BCUT2D eigenvalue weighted by Gasteiger charge is -2.44. The molecule has 0 spiro atoms. The molecule has 0 saturated carbocycles. The van der Waals surface area contributed by atoms with Gasteiger partial charge in [0.05, 0.1) is 12.9 Å². The Morgan fingerprint density at radius 1 is 1.05 bits per heavy atom. The Kier molecular flexibility index (Phi) is 7.21. The molecule has 41 heavy (non-hydrogen) atoms. The van der Waals surface area contributed by atoms with E-state index in [4.69, 9.17) is 19.4 Å². The largest absolute Gasteiger partial charge is 0.454 e. The second-order valence-corrected chi connectivity index (χ2v) is 10.4. The van der Waals surface area contributed by atoms with Crippen molar-refractivity contribution in [2.75, 3.05) is 36.6 Å². The molecule has 2 aromatic heterocycles. The number of anilines is 2. The van der Waals surface area contributed by atoms with Crippen LogP contribution in [0, 0.1) is 5.82 Å². The first kappa shape index (κ1) is 26.6. The van der Waals surface area contributed by atoms with Crippen molar-refractivity contribution in [1.82, 2.24) is 29.7 Å². The van der Waals surface area contributed by atoms with Gasteiger partial charge in [0.15, 0.2) is 28.5 Å². The minimum absolute atomic E-state index is 0.0208. The maximum atomic E-state index is 13.9. The zero-order chi connectivity index (χ0) is 28.5. The molecule has 2 aliphatic rings. The predicted octanol–water partition coefficient (Wildman–Crippen LogP) is 3.98. The van der Waals surface area contributed by atoms with E-state index in [9.17, 15) is 9.18 Å². The molecule has 1 saturated heterocycles. The quantitative estimate of drug-likeness (QED) is 0.349. The van der Waals surface area contributed by atoms with Crippen molar-refractivity contribution in [3.05, 3.63) is 65.7 Å². The van der Waals surface area contributed by atoms with Gasteiger partial charge in [-0.05, 0) is 56.2 Å². The van der Waals surface area contributed by atoms with Crippen LogP contribution in [-0.4, -0.2) is 69.0 Å². The fourth-order valence-corrected chi connectivity index (χ4v) is 5.31. The van der Waals surface area contributed by atoms with Gasteiger partial charge in [-0.15, -0.1) is 0 Å². The summed E-state index contributed by atoms with van der Waals surface area (Å²) in [6, 6.07) is 12.2. The lowest BCUT2D eigenvalue weighted by molar-refractivity contribution is 0.161. The van der Waals surface area contributed by atoms with Gasteiger partial charge in [0.25, 0.3) is 0 Å². The van der Waals surface area contributed by atoms with E-state index in [1.54, 1.807) is 12.4 Å². The molecule has 214 valence electrons. The van der Waals surface area contributed by atoms with Gasteiger partial charge in [-0.3, -0.25) is 0 Å². The first-order valence-electron chi connectivity index (χ1n) is 13.8. The Morgan fingerprint density at radius 3 is 2.73 bits per heavy atom. The Morgan fingerprint density at radius 2 is 1.90 bits per heavy atom. The molecule has 4 aromatic rings. The molecule has 0 aliphatic carbocycles. The Balaban J connectivity index is 1.33. The molecule has 2 N–H and O–H groups in total. The molecule has 2 aromatic carbocycles. The highest BCUT2D eigenvalue weighted by atomic mass is 19.1. The highest BCUT2D eigenvalue weighted by Gasteiger charge is 2.34. The maximum Gasteiger partial charge on any atom is 0.317 e. The van der Waals surface area contributed by atoms with Crippen molar-refractivity contribution in [3.63, 3.8) is 0 Å². The number of hydrogen-bond donors (Lipinski definition) is 2. The van der Waals surface area contributed by atoms with Gasteiger partial charge in [0.1, 0.15) is 5.82 Å². The smallest absolute Gasteiger partial charge is 0.317 e. The van der Waals surface area contributed by atoms with Crippen molar-refractivity contribution in [3.8, 4) is 11.5 Å². The molecule has 0 bridgehead atoms. The number of piperazine rings is 1. The summed E-state index contributed by atoms with van der Waals surface area (Å²) in [4.78, 5) is 31.1. The van der Waals surface area contributed by atoms with Crippen LogP contribution in [0.25, 0.3) is 11.2 Å². The van der Waals surface area contributed by atoms with Crippen LogP contribution in [0.3, 0.4) is 0 Å². The number of benzene rings is 2. The van der Waals surface area contributed by atoms with Crippen LogP contribution in [0.4, 0.5) is 21.0 Å².